The molecule has 130 valence electrons. The van der Waals surface area contributed by atoms with E-state index in [1.165, 1.54) is 0 Å². The lowest BCUT2D eigenvalue weighted by Crippen LogP contribution is -2.49. The van der Waals surface area contributed by atoms with Crippen molar-refractivity contribution in [2.75, 3.05) is 19.1 Å². The van der Waals surface area contributed by atoms with E-state index in [-0.39, 0.29) is 11.9 Å². The third-order valence-electron chi connectivity index (χ3n) is 4.19. The third kappa shape index (κ3) is 3.56. The molecule has 0 aliphatic carbocycles. The van der Waals surface area contributed by atoms with Gasteiger partial charge in [0.15, 0.2) is 6.29 Å². The number of anilines is 1. The predicted molar refractivity (Wildman–Crippen MR) is 98.8 cm³/mol. The molecular formula is C19H24ClNO3. The van der Waals surface area contributed by atoms with Gasteiger partial charge in [0.2, 0.25) is 5.91 Å². The van der Waals surface area contributed by atoms with Gasteiger partial charge in [-0.05, 0) is 31.7 Å². The molecule has 0 saturated heterocycles. The highest BCUT2D eigenvalue weighted by Gasteiger charge is 2.32. The topological polar surface area (TPSA) is 38.8 Å². The van der Waals surface area contributed by atoms with Crippen molar-refractivity contribution in [2.45, 2.75) is 38.5 Å². The molecule has 24 heavy (non-hydrogen) atoms. The number of amides is 1. The van der Waals surface area contributed by atoms with Crippen LogP contribution in [0.4, 0.5) is 5.69 Å². The highest BCUT2D eigenvalue weighted by Crippen LogP contribution is 2.33. The fourth-order valence-electron chi connectivity index (χ4n) is 3.00. The van der Waals surface area contributed by atoms with Gasteiger partial charge in [-0.1, -0.05) is 36.4 Å². The number of benzene rings is 2. The summed E-state index contributed by atoms with van der Waals surface area (Å²) in [6.45, 7) is 5.57. The minimum atomic E-state index is -0.653. The first kappa shape index (κ1) is 18.7. The summed E-state index contributed by atoms with van der Waals surface area (Å²) < 4.78 is 10.8. The van der Waals surface area contributed by atoms with Gasteiger partial charge in [-0.25, -0.2) is 0 Å². The minimum Gasteiger partial charge on any atom is -0.354 e. The number of carbonyl (C=O) groups excluding carboxylic acids is 1. The van der Waals surface area contributed by atoms with Crippen molar-refractivity contribution in [3.63, 3.8) is 0 Å². The average Bonchev–Trinajstić information content (AvgIpc) is 2.58. The number of halogens is 1. The molecule has 0 heterocycles. The number of methoxy groups -OCH3 is 2. The number of carbonyl (C=O) groups is 1. The van der Waals surface area contributed by atoms with Crippen LogP contribution >= 0.6 is 11.6 Å². The van der Waals surface area contributed by atoms with Crippen LogP contribution in [0.5, 0.6) is 0 Å². The van der Waals surface area contributed by atoms with Gasteiger partial charge in [0, 0.05) is 19.6 Å². The molecule has 0 radical (unpaired) electrons. The van der Waals surface area contributed by atoms with Crippen LogP contribution in [-0.4, -0.2) is 37.8 Å². The molecule has 0 saturated carbocycles. The summed E-state index contributed by atoms with van der Waals surface area (Å²) in [6.07, 6.45) is -0.553. The maximum absolute atomic E-state index is 12.9. The first-order valence-electron chi connectivity index (χ1n) is 7.93. The van der Waals surface area contributed by atoms with Gasteiger partial charge in [0.1, 0.15) is 5.38 Å². The van der Waals surface area contributed by atoms with Crippen molar-refractivity contribution in [3.05, 3.63) is 42.0 Å². The van der Waals surface area contributed by atoms with Gasteiger partial charge < -0.3 is 14.4 Å². The van der Waals surface area contributed by atoms with Gasteiger partial charge in [0.05, 0.1) is 11.7 Å². The molecule has 0 N–H and O–H groups in total. The van der Waals surface area contributed by atoms with Crippen LogP contribution in [0, 0.1) is 6.92 Å². The van der Waals surface area contributed by atoms with E-state index < -0.39 is 11.7 Å². The number of hydrogen-bond acceptors (Lipinski definition) is 3. The molecular weight excluding hydrogens is 326 g/mol. The van der Waals surface area contributed by atoms with E-state index in [0.29, 0.717) is 0 Å². The molecule has 2 rings (SSSR count). The van der Waals surface area contributed by atoms with Crippen molar-refractivity contribution in [1.82, 2.24) is 0 Å². The lowest BCUT2D eigenvalue weighted by Gasteiger charge is -2.35. The molecule has 1 amide bonds. The Labute approximate surface area is 148 Å². The summed E-state index contributed by atoms with van der Waals surface area (Å²) in [5, 5.41) is 1.41. The van der Waals surface area contributed by atoms with Crippen LogP contribution in [0.15, 0.2) is 36.4 Å². The number of hydrogen-bond donors (Lipinski definition) is 0. The Balaban J connectivity index is 2.68. The summed E-state index contributed by atoms with van der Waals surface area (Å²) in [4.78, 5) is 14.6. The predicted octanol–water partition coefficient (Wildman–Crippen LogP) is 4.12. The Morgan fingerprint density at radius 2 is 1.71 bits per heavy atom. The van der Waals surface area contributed by atoms with E-state index in [2.05, 4.69) is 6.07 Å². The maximum atomic E-state index is 12.9. The van der Waals surface area contributed by atoms with E-state index in [1.54, 1.807) is 26.0 Å². The highest BCUT2D eigenvalue weighted by molar-refractivity contribution is 6.33. The van der Waals surface area contributed by atoms with Crippen LogP contribution in [0.1, 0.15) is 19.4 Å². The second kappa shape index (κ2) is 7.97. The summed E-state index contributed by atoms with van der Waals surface area (Å²) in [7, 11) is 3.13. The zero-order valence-electron chi connectivity index (χ0n) is 14.7. The molecule has 0 fully saturated rings. The van der Waals surface area contributed by atoms with Gasteiger partial charge in [0.25, 0.3) is 0 Å². The molecule has 0 aliphatic heterocycles. The maximum Gasteiger partial charge on any atom is 0.245 e. The first-order chi connectivity index (χ1) is 11.4. The smallest absolute Gasteiger partial charge is 0.245 e. The lowest BCUT2D eigenvalue weighted by atomic mass is 10.0. The van der Waals surface area contributed by atoms with Crippen LogP contribution in [0.25, 0.3) is 10.8 Å². The zero-order chi connectivity index (χ0) is 17.9. The molecule has 2 aromatic rings. The standard InChI is InChI=1S/C19H24ClNO3/c1-12-10-11-15-8-6-7-9-16(15)17(12)21(18(22)13(2)20)14(3)19(23-4)24-5/h6-11,13-14,19H,1-5H3. The molecule has 0 spiro atoms. The van der Waals surface area contributed by atoms with E-state index in [9.17, 15) is 4.79 Å². The Kier molecular flexibility index (Phi) is 6.21. The third-order valence-corrected chi connectivity index (χ3v) is 4.37. The molecule has 4 nitrogen and oxygen atoms in total. The number of alkyl halides is 1. The summed E-state index contributed by atoms with van der Waals surface area (Å²) >= 11 is 6.14. The van der Waals surface area contributed by atoms with E-state index in [4.69, 9.17) is 21.1 Å². The van der Waals surface area contributed by atoms with Gasteiger partial charge in [-0.2, -0.15) is 0 Å². The molecule has 0 bridgehead atoms. The highest BCUT2D eigenvalue weighted by atomic mass is 35.5. The average molecular weight is 350 g/mol. The van der Waals surface area contributed by atoms with Crippen molar-refractivity contribution in [2.24, 2.45) is 0 Å². The number of aryl methyl sites for hydroxylation is 1. The second-order valence-corrected chi connectivity index (χ2v) is 6.51. The van der Waals surface area contributed by atoms with Crippen molar-refractivity contribution in [1.29, 1.82) is 0 Å². The first-order valence-corrected chi connectivity index (χ1v) is 8.37. The Bertz CT molecular complexity index is 713. The SMILES string of the molecule is COC(OC)C(C)N(C(=O)C(C)Cl)c1c(C)ccc2ccccc12. The monoisotopic (exact) mass is 349 g/mol. The summed E-state index contributed by atoms with van der Waals surface area (Å²) in [5.74, 6) is -0.178. The van der Waals surface area contributed by atoms with Gasteiger partial charge >= 0.3 is 0 Å². The molecule has 0 aliphatic rings. The number of nitrogens with zero attached hydrogens (tertiary/aromatic N) is 1. The van der Waals surface area contributed by atoms with Gasteiger partial charge in [-0.15, -0.1) is 11.6 Å². The fourth-order valence-corrected chi connectivity index (χ4v) is 3.11. The number of ether oxygens (including phenoxy) is 2. The lowest BCUT2D eigenvalue weighted by molar-refractivity contribution is -0.129. The summed E-state index contributed by atoms with van der Waals surface area (Å²) in [5.41, 5.74) is 1.84. The minimum absolute atomic E-state index is 0.178. The van der Waals surface area contributed by atoms with Crippen molar-refractivity contribution < 1.29 is 14.3 Å². The fraction of sp³-hybridized carbons (Fsp3) is 0.421. The van der Waals surface area contributed by atoms with E-state index >= 15 is 0 Å². The number of fused-ring (bicyclic) bond motifs is 1. The molecule has 0 aromatic heterocycles. The quantitative estimate of drug-likeness (QED) is 0.581. The Morgan fingerprint density at radius 1 is 1.08 bits per heavy atom. The second-order valence-electron chi connectivity index (χ2n) is 5.86. The largest absolute Gasteiger partial charge is 0.354 e. The molecule has 2 atom stereocenters. The Hall–Kier alpha value is -1.62. The molecule has 2 aromatic carbocycles. The molecule has 5 heteroatoms. The molecule has 2 unspecified atom stereocenters. The van der Waals surface area contributed by atoms with E-state index in [0.717, 1.165) is 22.0 Å². The van der Waals surface area contributed by atoms with Crippen LogP contribution in [-0.2, 0) is 14.3 Å². The number of rotatable bonds is 6. The normalized spacial score (nSPS) is 14.0. The van der Waals surface area contributed by atoms with Gasteiger partial charge in [-0.3, -0.25) is 4.79 Å². The van der Waals surface area contributed by atoms with Crippen LogP contribution < -0.4 is 4.90 Å². The Morgan fingerprint density at radius 3 is 2.29 bits per heavy atom. The zero-order valence-corrected chi connectivity index (χ0v) is 15.5. The summed E-state index contributed by atoms with van der Waals surface area (Å²) in [6, 6.07) is 11.7. The van der Waals surface area contributed by atoms with Crippen LogP contribution in [0.3, 0.4) is 0 Å². The van der Waals surface area contributed by atoms with E-state index in [1.807, 2.05) is 44.2 Å². The van der Waals surface area contributed by atoms with Crippen molar-refractivity contribution in [3.8, 4) is 0 Å². The van der Waals surface area contributed by atoms with Crippen molar-refractivity contribution >= 4 is 34.0 Å². The van der Waals surface area contributed by atoms with Crippen LogP contribution in [0.2, 0.25) is 0 Å².